The van der Waals surface area contributed by atoms with Gasteiger partial charge in [0.15, 0.2) is 0 Å². The van der Waals surface area contributed by atoms with Crippen LogP contribution in [0.1, 0.15) is 33.6 Å². The van der Waals surface area contributed by atoms with Crippen molar-refractivity contribution in [3.63, 3.8) is 0 Å². The molecule has 3 aliphatic heterocycles. The third-order valence-electron chi connectivity index (χ3n) is 10.0. The highest BCUT2D eigenvalue weighted by Gasteiger charge is 2.43. The first-order valence-electron chi connectivity index (χ1n) is 16.5. The number of nitrogens with one attached hydrogen (secondary N) is 2. The van der Waals surface area contributed by atoms with Gasteiger partial charge in [-0.15, -0.1) is 0 Å². The molecule has 5 heterocycles. The largest absolute Gasteiger partial charge is 0.480 e. The minimum absolute atomic E-state index is 0.226. The van der Waals surface area contributed by atoms with E-state index in [0.29, 0.717) is 39.0 Å². The van der Waals surface area contributed by atoms with Crippen LogP contribution < -0.4 is 10.6 Å². The van der Waals surface area contributed by atoms with Crippen LogP contribution in [-0.2, 0) is 48.6 Å². The van der Waals surface area contributed by atoms with Crippen molar-refractivity contribution in [2.75, 3.05) is 0 Å². The smallest absolute Gasteiger partial charge is 0.325 e. The number of nitrogens with zero attached hydrogens (tertiary/aromatic N) is 3. The molecule has 11 heteroatoms. The van der Waals surface area contributed by atoms with Gasteiger partial charge in [-0.3, -0.25) is 20.2 Å². The van der Waals surface area contributed by atoms with Crippen LogP contribution in [0, 0.1) is 11.6 Å². The molecule has 1 saturated heterocycles. The second-order valence-electron chi connectivity index (χ2n) is 12.9. The molecule has 9 nitrogen and oxygen atoms in total. The Labute approximate surface area is 285 Å². The number of imide groups is 1. The van der Waals surface area contributed by atoms with Gasteiger partial charge in [0.05, 0.1) is 6.54 Å². The molecule has 0 radical (unpaired) electrons. The lowest BCUT2D eigenvalue weighted by molar-refractivity contribution is -0.139. The van der Waals surface area contributed by atoms with Gasteiger partial charge in [0.25, 0.3) is 5.91 Å². The molecule has 2 aromatic heterocycles. The van der Waals surface area contributed by atoms with Gasteiger partial charge >= 0.3 is 12.0 Å². The summed E-state index contributed by atoms with van der Waals surface area (Å²) in [7, 11) is 0. The summed E-state index contributed by atoms with van der Waals surface area (Å²) in [5.74, 6) is -1.56. The Bertz CT molecular complexity index is 2290. The maximum atomic E-state index is 13.2. The van der Waals surface area contributed by atoms with E-state index in [-0.39, 0.29) is 23.6 Å². The first-order valence-corrected chi connectivity index (χ1v) is 16.5. The number of para-hydroxylation sites is 2. The van der Waals surface area contributed by atoms with Gasteiger partial charge in [-0.25, -0.2) is 13.6 Å². The lowest BCUT2D eigenvalue weighted by Crippen LogP contribution is -2.42. The van der Waals surface area contributed by atoms with Crippen molar-refractivity contribution in [2.24, 2.45) is 0 Å². The van der Waals surface area contributed by atoms with Crippen molar-refractivity contribution in [1.82, 2.24) is 24.7 Å². The van der Waals surface area contributed by atoms with Crippen molar-refractivity contribution >= 4 is 39.7 Å². The molecular weight excluding hydrogens is 640 g/mol. The van der Waals surface area contributed by atoms with Crippen molar-refractivity contribution < 1.29 is 28.3 Å². The van der Waals surface area contributed by atoms with Crippen LogP contribution in [-0.4, -0.2) is 49.1 Å². The lowest BCUT2D eigenvalue weighted by atomic mass is 9.97. The number of aromatic nitrogens is 2. The number of fused-ring (bicyclic) bond motifs is 7. The van der Waals surface area contributed by atoms with E-state index in [9.17, 15) is 28.3 Å². The number of carboxylic acids is 1. The van der Waals surface area contributed by atoms with E-state index < -0.39 is 18.1 Å². The van der Waals surface area contributed by atoms with E-state index in [1.54, 1.807) is 29.2 Å². The molecule has 1 fully saturated rings. The van der Waals surface area contributed by atoms with Gasteiger partial charge in [0.1, 0.15) is 23.7 Å². The molecular formula is C39H33F2N5O4. The van der Waals surface area contributed by atoms with Crippen molar-refractivity contribution in [1.29, 1.82) is 0 Å². The number of carbonyl (C=O) groups is 3. The number of halogens is 2. The van der Waals surface area contributed by atoms with E-state index >= 15 is 0 Å². The number of carbonyl (C=O) groups excluding carboxylic acids is 2. The van der Waals surface area contributed by atoms with E-state index in [0.717, 1.165) is 55.4 Å². The molecule has 0 unspecified atom stereocenters. The average molecular weight is 674 g/mol. The number of carboxylic acid groups (broad SMARTS) is 1. The van der Waals surface area contributed by atoms with Gasteiger partial charge in [-0.1, -0.05) is 60.7 Å². The minimum Gasteiger partial charge on any atom is -0.480 e. The highest BCUT2D eigenvalue weighted by atomic mass is 19.1. The molecule has 252 valence electrons. The minimum atomic E-state index is -0.823. The Hall–Kier alpha value is -5.81. The van der Waals surface area contributed by atoms with E-state index in [4.69, 9.17) is 0 Å². The fraction of sp³-hybridized carbons (Fsp3) is 0.205. The van der Waals surface area contributed by atoms with Crippen LogP contribution in [0.3, 0.4) is 0 Å². The first kappa shape index (κ1) is 31.5. The lowest BCUT2D eigenvalue weighted by Gasteiger charge is -2.28. The zero-order valence-corrected chi connectivity index (χ0v) is 26.9. The number of aliphatic carboxylic acids is 1. The summed E-state index contributed by atoms with van der Waals surface area (Å²) in [4.78, 5) is 37.1. The average Bonchev–Trinajstić information content (AvgIpc) is 3.72. The molecule has 9 rings (SSSR count). The van der Waals surface area contributed by atoms with E-state index in [1.165, 1.54) is 24.3 Å². The molecule has 50 heavy (non-hydrogen) atoms. The molecule has 0 bridgehead atoms. The fourth-order valence-electron chi connectivity index (χ4n) is 7.55. The van der Waals surface area contributed by atoms with Crippen molar-refractivity contribution in [2.45, 2.75) is 51.1 Å². The van der Waals surface area contributed by atoms with Gasteiger partial charge in [0.2, 0.25) is 0 Å². The molecule has 0 spiro atoms. The summed E-state index contributed by atoms with van der Waals surface area (Å²) < 4.78 is 30.7. The molecule has 6 aromatic rings. The zero-order chi connectivity index (χ0) is 34.5. The third kappa shape index (κ3) is 5.59. The SMILES string of the molecule is O=C(O)[C@@H]1Cc2c(n(Cc3ccc(F)cc3)c3ccccc23)CN1.O=C1NC(=O)N2Cc3c(c4ccccc4n3Cc3ccc(F)cc3)C[C@@H]12. The summed E-state index contributed by atoms with van der Waals surface area (Å²) in [5.41, 5.74) is 8.51. The van der Waals surface area contributed by atoms with Crippen LogP contribution >= 0.6 is 0 Å². The second kappa shape index (κ2) is 12.6. The Balaban J connectivity index is 0.000000145. The van der Waals surface area contributed by atoms with E-state index in [1.807, 2.05) is 42.5 Å². The normalized spacial score (nSPS) is 17.9. The fourth-order valence-corrected chi connectivity index (χ4v) is 7.55. The number of amides is 3. The quantitative estimate of drug-likeness (QED) is 0.203. The standard InChI is InChI=1S/C20H16FN3O2.C19H17FN2O2/c21-13-7-5-12(6-8-13)10-23-16-4-2-1-3-14(16)15-9-17-19(25)22-20(26)24(17)11-18(15)23;20-13-7-5-12(6-8-13)11-22-17-4-2-1-3-14(17)15-9-16(19(23)24)21-10-18(15)22/h1-8,17H,9-11H2,(H,22,25,26);1-8,16,21H,9-11H2,(H,23,24)/t17-;16-/m00/s1. The summed E-state index contributed by atoms with van der Waals surface area (Å²) in [6, 6.07) is 27.8. The Morgan fingerprint density at radius 2 is 1.24 bits per heavy atom. The predicted octanol–water partition coefficient (Wildman–Crippen LogP) is 5.73. The number of urea groups is 1. The summed E-state index contributed by atoms with van der Waals surface area (Å²) in [6.07, 6.45) is 0.992. The number of hydrogen-bond acceptors (Lipinski definition) is 4. The maximum Gasteiger partial charge on any atom is 0.325 e. The monoisotopic (exact) mass is 673 g/mol. The highest BCUT2D eigenvalue weighted by Crippen LogP contribution is 2.35. The zero-order valence-electron chi connectivity index (χ0n) is 26.9. The van der Waals surface area contributed by atoms with Crippen LogP contribution in [0.5, 0.6) is 0 Å². The third-order valence-corrected chi connectivity index (χ3v) is 10.0. The van der Waals surface area contributed by atoms with Crippen LogP contribution in [0.25, 0.3) is 21.8 Å². The molecule has 3 N–H and O–H groups in total. The van der Waals surface area contributed by atoms with Gasteiger partial charge < -0.3 is 19.1 Å². The van der Waals surface area contributed by atoms with Crippen molar-refractivity contribution in [3.05, 3.63) is 142 Å². The summed E-state index contributed by atoms with van der Waals surface area (Å²) in [5, 5.41) is 17.0. The van der Waals surface area contributed by atoms with Crippen LogP contribution in [0.15, 0.2) is 97.1 Å². The van der Waals surface area contributed by atoms with E-state index in [2.05, 4.69) is 25.8 Å². The number of benzene rings is 4. The number of hydrogen-bond donors (Lipinski definition) is 3. The Kier molecular flexibility index (Phi) is 7.91. The highest BCUT2D eigenvalue weighted by molar-refractivity contribution is 6.05. The molecule has 0 saturated carbocycles. The predicted molar refractivity (Wildman–Crippen MR) is 183 cm³/mol. The molecule has 3 aliphatic rings. The Morgan fingerprint density at radius 3 is 1.80 bits per heavy atom. The summed E-state index contributed by atoms with van der Waals surface area (Å²) in [6.45, 7) is 2.13. The number of rotatable bonds is 5. The molecule has 4 aromatic carbocycles. The van der Waals surface area contributed by atoms with Crippen LogP contribution in [0.4, 0.5) is 13.6 Å². The van der Waals surface area contributed by atoms with Crippen molar-refractivity contribution in [3.8, 4) is 0 Å². The van der Waals surface area contributed by atoms with Gasteiger partial charge in [-0.05, 0) is 58.7 Å². The van der Waals surface area contributed by atoms with Gasteiger partial charge in [-0.2, -0.15) is 0 Å². The topological polar surface area (TPSA) is 109 Å². The van der Waals surface area contributed by atoms with Gasteiger partial charge in [0, 0.05) is 65.7 Å². The first-order chi connectivity index (χ1) is 24.2. The summed E-state index contributed by atoms with van der Waals surface area (Å²) >= 11 is 0. The molecule has 0 aliphatic carbocycles. The van der Waals surface area contributed by atoms with Crippen LogP contribution in [0.2, 0.25) is 0 Å². The molecule has 3 amide bonds. The molecule has 2 atom stereocenters. The Morgan fingerprint density at radius 1 is 0.720 bits per heavy atom. The maximum absolute atomic E-state index is 13.2. The second-order valence-corrected chi connectivity index (χ2v) is 12.9.